The molecule has 0 spiro atoms. The van der Waals surface area contributed by atoms with Gasteiger partial charge in [0, 0.05) is 24.1 Å². The molecule has 2 rings (SSSR count). The van der Waals surface area contributed by atoms with Crippen LogP contribution in [0, 0.1) is 0 Å². The van der Waals surface area contributed by atoms with Crippen LogP contribution in [-0.2, 0) is 16.0 Å². The van der Waals surface area contributed by atoms with E-state index >= 15 is 0 Å². The highest BCUT2D eigenvalue weighted by Gasteiger charge is 2.07. The fourth-order valence-electron chi connectivity index (χ4n) is 2.13. The van der Waals surface area contributed by atoms with E-state index in [1.165, 1.54) is 11.8 Å². The van der Waals surface area contributed by atoms with Gasteiger partial charge in [-0.1, -0.05) is 48.3 Å². The van der Waals surface area contributed by atoms with Crippen molar-refractivity contribution in [2.24, 2.45) is 5.10 Å². The number of nitrogens with one attached hydrogen (secondary N) is 2. The van der Waals surface area contributed by atoms with E-state index in [0.717, 1.165) is 6.42 Å². The Morgan fingerprint density at radius 1 is 1.00 bits per heavy atom. The van der Waals surface area contributed by atoms with Crippen LogP contribution >= 0.6 is 23.2 Å². The number of carbonyl (C=O) groups is 2. The van der Waals surface area contributed by atoms with Gasteiger partial charge in [-0.2, -0.15) is 5.10 Å². The van der Waals surface area contributed by atoms with Crippen molar-refractivity contribution in [3.8, 4) is 0 Å². The number of hydrogen-bond donors (Lipinski definition) is 2. The molecule has 0 aromatic heterocycles. The maximum absolute atomic E-state index is 11.9. The van der Waals surface area contributed by atoms with Crippen LogP contribution in [0.15, 0.2) is 47.6 Å². The third-order valence-corrected chi connectivity index (χ3v) is 4.27. The molecule has 0 radical (unpaired) electrons. The van der Waals surface area contributed by atoms with Gasteiger partial charge in [0.2, 0.25) is 11.8 Å². The van der Waals surface area contributed by atoms with Crippen LogP contribution in [0.5, 0.6) is 0 Å². The van der Waals surface area contributed by atoms with Gasteiger partial charge in [-0.25, -0.2) is 5.43 Å². The molecule has 0 saturated carbocycles. The number of amides is 2. The molecule has 2 amide bonds. The number of hydrazone groups is 1. The quantitative estimate of drug-likeness (QED) is 0.541. The summed E-state index contributed by atoms with van der Waals surface area (Å²) in [6.07, 6.45) is 2.39. The lowest BCUT2D eigenvalue weighted by molar-refractivity contribution is -0.124. The van der Waals surface area contributed by atoms with E-state index in [0.29, 0.717) is 21.3 Å². The van der Waals surface area contributed by atoms with Crippen molar-refractivity contribution in [3.63, 3.8) is 0 Å². The topological polar surface area (TPSA) is 70.6 Å². The molecule has 0 aliphatic carbocycles. The normalized spacial score (nSPS) is 10.7. The van der Waals surface area contributed by atoms with Gasteiger partial charge in [-0.05, 0) is 36.2 Å². The lowest BCUT2D eigenvalue weighted by atomic mass is 10.1. The van der Waals surface area contributed by atoms with Gasteiger partial charge in [0.15, 0.2) is 0 Å². The number of hydrogen-bond acceptors (Lipinski definition) is 3. The predicted octanol–water partition coefficient (Wildman–Crippen LogP) is 4.42. The Bertz CT molecular complexity index is 785. The third-order valence-electron chi connectivity index (χ3n) is 3.61. The molecule has 136 valence electrons. The molecule has 0 saturated heterocycles. The summed E-state index contributed by atoms with van der Waals surface area (Å²) in [5, 5.41) is 7.44. The summed E-state index contributed by atoms with van der Waals surface area (Å²) >= 11 is 12.0. The molecular weight excluding hydrogens is 373 g/mol. The standard InChI is InChI=1S/C19H19Cl2N3O2/c1-2-13-6-8-14(9-7-13)23-18(25)10-11-19(26)24-22-12-15-16(20)4-3-5-17(15)21/h3-9,12H,2,10-11H2,1H3,(H,23,25)(H,24,26)/b22-12+. The first-order valence-electron chi connectivity index (χ1n) is 8.14. The minimum Gasteiger partial charge on any atom is -0.326 e. The van der Waals surface area contributed by atoms with Gasteiger partial charge in [0.25, 0.3) is 0 Å². The van der Waals surface area contributed by atoms with Gasteiger partial charge in [0.1, 0.15) is 0 Å². The molecule has 2 N–H and O–H groups in total. The summed E-state index contributed by atoms with van der Waals surface area (Å²) in [5.74, 6) is -0.608. The first-order valence-corrected chi connectivity index (χ1v) is 8.90. The van der Waals surface area contributed by atoms with E-state index in [1.54, 1.807) is 18.2 Å². The second-order valence-electron chi connectivity index (χ2n) is 5.53. The number of carbonyl (C=O) groups excluding carboxylic acids is 2. The fraction of sp³-hybridized carbons (Fsp3) is 0.211. The molecule has 7 heteroatoms. The van der Waals surface area contributed by atoms with Crippen molar-refractivity contribution < 1.29 is 9.59 Å². The average Bonchev–Trinajstić information content (AvgIpc) is 2.63. The predicted molar refractivity (Wildman–Crippen MR) is 106 cm³/mol. The van der Waals surface area contributed by atoms with Crippen LogP contribution in [0.3, 0.4) is 0 Å². The number of rotatable bonds is 7. The fourth-order valence-corrected chi connectivity index (χ4v) is 2.63. The van der Waals surface area contributed by atoms with Gasteiger partial charge >= 0.3 is 0 Å². The molecule has 2 aromatic rings. The zero-order chi connectivity index (χ0) is 18.9. The van der Waals surface area contributed by atoms with E-state index in [-0.39, 0.29) is 24.7 Å². The first kappa shape index (κ1) is 19.9. The average molecular weight is 392 g/mol. The summed E-state index contributed by atoms with van der Waals surface area (Å²) in [5.41, 5.74) is 4.77. The second kappa shape index (κ2) is 9.94. The highest BCUT2D eigenvalue weighted by Crippen LogP contribution is 2.22. The lowest BCUT2D eigenvalue weighted by Gasteiger charge is -2.06. The number of aryl methyl sites for hydroxylation is 1. The van der Waals surface area contributed by atoms with Crippen LogP contribution in [0.4, 0.5) is 5.69 Å². The van der Waals surface area contributed by atoms with Crippen LogP contribution in [-0.4, -0.2) is 18.0 Å². The van der Waals surface area contributed by atoms with E-state index < -0.39 is 0 Å². The van der Waals surface area contributed by atoms with Crippen molar-refractivity contribution in [2.75, 3.05) is 5.32 Å². The van der Waals surface area contributed by atoms with E-state index in [9.17, 15) is 9.59 Å². The maximum atomic E-state index is 11.9. The van der Waals surface area contributed by atoms with Gasteiger partial charge in [-0.15, -0.1) is 0 Å². The molecular formula is C19H19Cl2N3O2. The molecule has 0 atom stereocenters. The van der Waals surface area contributed by atoms with Crippen LogP contribution in [0.2, 0.25) is 10.0 Å². The van der Waals surface area contributed by atoms with Crippen LogP contribution in [0.1, 0.15) is 30.9 Å². The van der Waals surface area contributed by atoms with Crippen molar-refractivity contribution in [1.82, 2.24) is 5.43 Å². The Kier molecular flexibility index (Phi) is 7.63. The van der Waals surface area contributed by atoms with Crippen molar-refractivity contribution in [1.29, 1.82) is 0 Å². The molecule has 0 heterocycles. The number of nitrogens with zero attached hydrogens (tertiary/aromatic N) is 1. The SMILES string of the molecule is CCc1ccc(NC(=O)CCC(=O)N/N=C/c2c(Cl)cccc2Cl)cc1. The van der Waals surface area contributed by atoms with Gasteiger partial charge in [0.05, 0.1) is 16.3 Å². The summed E-state index contributed by atoms with van der Waals surface area (Å²) in [7, 11) is 0. The molecule has 0 unspecified atom stereocenters. The highest BCUT2D eigenvalue weighted by molar-refractivity contribution is 6.38. The maximum Gasteiger partial charge on any atom is 0.240 e. The third kappa shape index (κ3) is 6.17. The van der Waals surface area contributed by atoms with E-state index in [4.69, 9.17) is 23.2 Å². The zero-order valence-electron chi connectivity index (χ0n) is 14.3. The second-order valence-corrected chi connectivity index (χ2v) is 6.34. The molecule has 0 bridgehead atoms. The summed E-state index contributed by atoms with van der Waals surface area (Å²) in [6, 6.07) is 12.7. The summed E-state index contributed by atoms with van der Waals surface area (Å²) in [6.45, 7) is 2.06. The van der Waals surface area contributed by atoms with Gasteiger partial charge < -0.3 is 5.32 Å². The Morgan fingerprint density at radius 3 is 2.23 bits per heavy atom. The number of halogens is 2. The summed E-state index contributed by atoms with van der Waals surface area (Å²) in [4.78, 5) is 23.7. The van der Waals surface area contributed by atoms with Crippen molar-refractivity contribution in [2.45, 2.75) is 26.2 Å². The largest absolute Gasteiger partial charge is 0.326 e. The van der Waals surface area contributed by atoms with Crippen LogP contribution in [0.25, 0.3) is 0 Å². The monoisotopic (exact) mass is 391 g/mol. The first-order chi connectivity index (χ1) is 12.5. The van der Waals surface area contributed by atoms with Crippen molar-refractivity contribution >= 4 is 46.9 Å². The molecule has 0 aliphatic heterocycles. The Hall–Kier alpha value is -2.37. The summed E-state index contributed by atoms with van der Waals surface area (Å²) < 4.78 is 0. The Labute approximate surface area is 162 Å². The van der Waals surface area contributed by atoms with Crippen LogP contribution < -0.4 is 10.7 Å². The highest BCUT2D eigenvalue weighted by atomic mass is 35.5. The van der Waals surface area contributed by atoms with Crippen molar-refractivity contribution in [3.05, 3.63) is 63.6 Å². The Morgan fingerprint density at radius 2 is 1.62 bits per heavy atom. The molecule has 26 heavy (non-hydrogen) atoms. The molecule has 0 aliphatic rings. The smallest absolute Gasteiger partial charge is 0.240 e. The molecule has 2 aromatic carbocycles. The Balaban J connectivity index is 1.77. The number of benzene rings is 2. The number of anilines is 1. The lowest BCUT2D eigenvalue weighted by Crippen LogP contribution is -2.20. The van der Waals surface area contributed by atoms with Gasteiger partial charge in [-0.3, -0.25) is 9.59 Å². The van der Waals surface area contributed by atoms with E-state index in [2.05, 4.69) is 22.8 Å². The van der Waals surface area contributed by atoms with E-state index in [1.807, 2.05) is 24.3 Å². The molecule has 0 fully saturated rings. The minimum atomic E-state index is -0.374. The molecule has 5 nitrogen and oxygen atoms in total. The minimum absolute atomic E-state index is 0.0203. The zero-order valence-corrected chi connectivity index (χ0v) is 15.8.